The number of hydrogen-bond donors (Lipinski definition) is 2. The molecule has 2 aromatic rings. The maximum atomic E-state index is 12.7. The van der Waals surface area contributed by atoms with Crippen LogP contribution < -0.4 is 10.6 Å². The van der Waals surface area contributed by atoms with Gasteiger partial charge in [-0.3, -0.25) is 19.2 Å². The molecule has 2 N–H and O–H groups in total. The number of nitrogens with zero attached hydrogens (tertiary/aromatic N) is 3. The van der Waals surface area contributed by atoms with Crippen LogP contribution in [0, 0.1) is 13.8 Å². The van der Waals surface area contributed by atoms with Gasteiger partial charge < -0.3 is 15.1 Å². The second-order valence-electron chi connectivity index (χ2n) is 8.56. The molecule has 0 aromatic carbocycles. The van der Waals surface area contributed by atoms with Crippen molar-refractivity contribution in [3.63, 3.8) is 0 Å². The number of amides is 2. The molecule has 1 unspecified atom stereocenters. The molecule has 3 heterocycles. The third-order valence-electron chi connectivity index (χ3n) is 6.14. The monoisotopic (exact) mass is 413 g/mol. The maximum Gasteiger partial charge on any atom is 0.237 e. The minimum Gasteiger partial charge on any atom is -0.465 e. The SMILES string of the molecule is Cc1cnn(C2CCC(NC(=O)CC3C(=O)NCCN3Cc3ccc(C)o3)CC2)c1. The Hall–Kier alpha value is -2.61. The van der Waals surface area contributed by atoms with Gasteiger partial charge in [-0.15, -0.1) is 0 Å². The topological polar surface area (TPSA) is 92.4 Å². The van der Waals surface area contributed by atoms with Crippen LogP contribution in [0.15, 0.2) is 28.9 Å². The highest BCUT2D eigenvalue weighted by molar-refractivity contribution is 5.88. The first-order chi connectivity index (χ1) is 14.5. The summed E-state index contributed by atoms with van der Waals surface area (Å²) in [6, 6.07) is 3.95. The quantitative estimate of drug-likeness (QED) is 0.757. The lowest BCUT2D eigenvalue weighted by molar-refractivity contribution is -0.134. The average molecular weight is 414 g/mol. The lowest BCUT2D eigenvalue weighted by Crippen LogP contribution is -2.56. The minimum absolute atomic E-state index is 0.0592. The standard InChI is InChI=1S/C22H31N5O3/c1-15-12-24-27(13-15)18-6-4-17(5-7-18)25-21(28)11-20-22(29)23-9-10-26(20)14-19-8-3-16(2)30-19/h3,8,12-13,17-18,20H,4-7,9-11,14H2,1-2H3,(H,23,29)(H,25,28). The number of furan rings is 1. The summed E-state index contributed by atoms with van der Waals surface area (Å²) in [7, 11) is 0. The number of nitrogens with one attached hydrogen (secondary N) is 2. The average Bonchev–Trinajstić information content (AvgIpc) is 3.33. The number of aromatic nitrogens is 2. The van der Waals surface area contributed by atoms with Gasteiger partial charge in [-0.1, -0.05) is 0 Å². The van der Waals surface area contributed by atoms with Crippen molar-refractivity contribution in [2.75, 3.05) is 13.1 Å². The fourth-order valence-electron chi connectivity index (χ4n) is 4.52. The number of carbonyl (C=O) groups is 2. The molecule has 0 bridgehead atoms. The summed E-state index contributed by atoms with van der Waals surface area (Å²) in [6.07, 6.45) is 8.01. The van der Waals surface area contributed by atoms with Gasteiger partial charge in [-0.25, -0.2) is 0 Å². The Morgan fingerprint density at radius 2 is 2.07 bits per heavy atom. The van der Waals surface area contributed by atoms with Gasteiger partial charge in [0.2, 0.25) is 11.8 Å². The van der Waals surface area contributed by atoms with E-state index in [9.17, 15) is 9.59 Å². The first kappa shape index (κ1) is 20.7. The molecule has 162 valence electrons. The number of carbonyl (C=O) groups excluding carboxylic acids is 2. The molecule has 8 heteroatoms. The van der Waals surface area contributed by atoms with Crippen LogP contribution in [-0.2, 0) is 16.1 Å². The van der Waals surface area contributed by atoms with Gasteiger partial charge in [-0.05, 0) is 57.2 Å². The van der Waals surface area contributed by atoms with E-state index in [0.717, 1.165) is 37.2 Å². The van der Waals surface area contributed by atoms with Gasteiger partial charge in [0.05, 0.1) is 31.2 Å². The van der Waals surface area contributed by atoms with Crippen LogP contribution >= 0.6 is 0 Å². The van der Waals surface area contributed by atoms with Crippen LogP contribution in [0.4, 0.5) is 0 Å². The van der Waals surface area contributed by atoms with Crippen LogP contribution in [0.2, 0.25) is 0 Å². The molecule has 4 rings (SSSR count). The molecule has 0 spiro atoms. The maximum absolute atomic E-state index is 12.7. The molecule has 1 saturated carbocycles. The zero-order valence-corrected chi connectivity index (χ0v) is 17.8. The van der Waals surface area contributed by atoms with Crippen LogP contribution in [0.5, 0.6) is 0 Å². The summed E-state index contributed by atoms with van der Waals surface area (Å²) >= 11 is 0. The summed E-state index contributed by atoms with van der Waals surface area (Å²) in [5, 5.41) is 10.5. The highest BCUT2D eigenvalue weighted by atomic mass is 16.3. The summed E-state index contributed by atoms with van der Waals surface area (Å²) < 4.78 is 7.71. The summed E-state index contributed by atoms with van der Waals surface area (Å²) in [6.45, 7) is 5.78. The van der Waals surface area contributed by atoms with Gasteiger partial charge in [-0.2, -0.15) is 5.10 Å². The van der Waals surface area contributed by atoms with Crippen LogP contribution in [0.25, 0.3) is 0 Å². The van der Waals surface area contributed by atoms with Crippen molar-refractivity contribution in [1.29, 1.82) is 0 Å². The Balaban J connectivity index is 1.29. The molecule has 1 aliphatic carbocycles. The Morgan fingerprint density at radius 3 is 2.73 bits per heavy atom. The minimum atomic E-state index is -0.465. The van der Waals surface area contributed by atoms with Gasteiger partial charge >= 0.3 is 0 Å². The highest BCUT2D eigenvalue weighted by Crippen LogP contribution is 2.28. The summed E-state index contributed by atoms with van der Waals surface area (Å²) in [5.41, 5.74) is 1.17. The van der Waals surface area contributed by atoms with Gasteiger partial charge in [0, 0.05) is 25.3 Å². The second kappa shape index (κ2) is 9.04. The Bertz CT molecular complexity index is 881. The van der Waals surface area contributed by atoms with Crippen molar-refractivity contribution >= 4 is 11.8 Å². The zero-order valence-electron chi connectivity index (χ0n) is 17.8. The summed E-state index contributed by atoms with van der Waals surface area (Å²) in [4.78, 5) is 27.2. The van der Waals surface area contributed by atoms with Crippen LogP contribution in [0.1, 0.15) is 55.2 Å². The predicted molar refractivity (Wildman–Crippen MR) is 112 cm³/mol. The molecule has 1 atom stereocenters. The van der Waals surface area contributed by atoms with Crippen LogP contribution in [-0.4, -0.2) is 51.7 Å². The number of rotatable bonds is 6. The molecule has 2 amide bonds. The molecule has 30 heavy (non-hydrogen) atoms. The van der Waals surface area contributed by atoms with E-state index in [0.29, 0.717) is 25.7 Å². The van der Waals surface area contributed by atoms with Crippen molar-refractivity contribution in [2.45, 2.75) is 70.6 Å². The Labute approximate surface area is 177 Å². The molecule has 1 saturated heterocycles. The molecular weight excluding hydrogens is 382 g/mol. The van der Waals surface area contributed by atoms with Gasteiger partial charge in [0.15, 0.2) is 0 Å². The lowest BCUT2D eigenvalue weighted by atomic mass is 9.91. The number of piperazine rings is 1. The molecule has 2 aromatic heterocycles. The van der Waals surface area contributed by atoms with Crippen molar-refractivity contribution in [3.05, 3.63) is 41.6 Å². The predicted octanol–water partition coefficient (Wildman–Crippen LogP) is 2.08. The normalized spacial score (nSPS) is 25.1. The molecule has 1 aliphatic heterocycles. The highest BCUT2D eigenvalue weighted by Gasteiger charge is 2.33. The summed E-state index contributed by atoms with van der Waals surface area (Å²) in [5.74, 6) is 1.52. The molecular formula is C22H31N5O3. The van der Waals surface area contributed by atoms with Crippen molar-refractivity contribution in [1.82, 2.24) is 25.3 Å². The molecule has 8 nitrogen and oxygen atoms in total. The van der Waals surface area contributed by atoms with Gasteiger partial charge in [0.25, 0.3) is 0 Å². The Morgan fingerprint density at radius 1 is 1.27 bits per heavy atom. The van der Waals surface area contributed by atoms with E-state index in [1.54, 1.807) is 0 Å². The van der Waals surface area contributed by atoms with E-state index in [-0.39, 0.29) is 24.3 Å². The second-order valence-corrected chi connectivity index (χ2v) is 8.56. The third-order valence-corrected chi connectivity index (χ3v) is 6.14. The van der Waals surface area contributed by atoms with E-state index < -0.39 is 6.04 Å². The first-order valence-corrected chi connectivity index (χ1v) is 10.8. The van der Waals surface area contributed by atoms with Crippen LogP contribution in [0.3, 0.4) is 0 Å². The van der Waals surface area contributed by atoms with E-state index in [4.69, 9.17) is 4.42 Å². The molecule has 2 aliphatic rings. The Kier molecular flexibility index (Phi) is 6.22. The number of aryl methyl sites for hydroxylation is 2. The van der Waals surface area contributed by atoms with E-state index in [1.165, 1.54) is 5.56 Å². The van der Waals surface area contributed by atoms with E-state index in [1.807, 2.05) is 41.8 Å². The first-order valence-electron chi connectivity index (χ1n) is 10.8. The molecule has 2 fully saturated rings. The van der Waals surface area contributed by atoms with Crippen molar-refractivity contribution in [3.8, 4) is 0 Å². The van der Waals surface area contributed by atoms with Crippen molar-refractivity contribution in [2.24, 2.45) is 0 Å². The smallest absolute Gasteiger partial charge is 0.237 e. The number of hydrogen-bond acceptors (Lipinski definition) is 5. The van der Waals surface area contributed by atoms with E-state index in [2.05, 4.69) is 21.9 Å². The lowest BCUT2D eigenvalue weighted by Gasteiger charge is -2.35. The fraction of sp³-hybridized carbons (Fsp3) is 0.591. The largest absolute Gasteiger partial charge is 0.465 e. The third kappa shape index (κ3) is 4.92. The van der Waals surface area contributed by atoms with Crippen molar-refractivity contribution < 1.29 is 14.0 Å². The fourth-order valence-corrected chi connectivity index (χ4v) is 4.52. The zero-order chi connectivity index (χ0) is 21.1. The van der Waals surface area contributed by atoms with Gasteiger partial charge in [0.1, 0.15) is 11.5 Å². The molecule has 0 radical (unpaired) electrons. The van der Waals surface area contributed by atoms with E-state index >= 15 is 0 Å².